The van der Waals surface area contributed by atoms with Gasteiger partial charge < -0.3 is 20.1 Å². The Hall–Kier alpha value is -2.29. The minimum atomic E-state index is -2.84. The fourth-order valence-corrected chi connectivity index (χ4v) is 3.80. The summed E-state index contributed by atoms with van der Waals surface area (Å²) in [6, 6.07) is 16.7. The van der Waals surface area contributed by atoms with Crippen molar-refractivity contribution >= 4 is 23.0 Å². The molecular formula is C21H25F2N3O2S. The summed E-state index contributed by atoms with van der Waals surface area (Å²) in [6.45, 7) is 2.40. The van der Waals surface area contributed by atoms with Crippen LogP contribution in [0.5, 0.6) is 5.75 Å². The van der Waals surface area contributed by atoms with Gasteiger partial charge >= 0.3 is 6.61 Å². The van der Waals surface area contributed by atoms with Crippen LogP contribution in [0.15, 0.2) is 54.6 Å². The molecule has 5 nitrogen and oxygen atoms in total. The van der Waals surface area contributed by atoms with Gasteiger partial charge in [0.2, 0.25) is 0 Å². The molecule has 156 valence electrons. The van der Waals surface area contributed by atoms with E-state index >= 15 is 0 Å². The molecule has 0 amide bonds. The number of thiocarbonyl (C=S) groups is 1. The van der Waals surface area contributed by atoms with Crippen LogP contribution in [0, 0.1) is 0 Å². The second-order valence-electron chi connectivity index (χ2n) is 6.79. The highest BCUT2D eigenvalue weighted by Gasteiger charge is 2.28. The summed E-state index contributed by atoms with van der Waals surface area (Å²) < 4.78 is 34.4. The Labute approximate surface area is 175 Å². The molecular weight excluding hydrogens is 396 g/mol. The largest absolute Gasteiger partial charge is 0.435 e. The maximum atomic E-state index is 12.3. The quantitative estimate of drug-likeness (QED) is 0.658. The van der Waals surface area contributed by atoms with Gasteiger partial charge in [0, 0.05) is 24.8 Å². The number of hydrogen-bond acceptors (Lipinski definition) is 4. The summed E-state index contributed by atoms with van der Waals surface area (Å²) in [5.74, 6) is 0.106. The molecule has 2 aromatic carbocycles. The van der Waals surface area contributed by atoms with E-state index in [9.17, 15) is 8.78 Å². The van der Waals surface area contributed by atoms with Crippen LogP contribution in [-0.2, 0) is 4.74 Å². The summed E-state index contributed by atoms with van der Waals surface area (Å²) in [5.41, 5.74) is 1.91. The normalized spacial score (nSPS) is 16.8. The average molecular weight is 422 g/mol. The van der Waals surface area contributed by atoms with E-state index in [4.69, 9.17) is 17.0 Å². The average Bonchev–Trinajstić information content (AvgIpc) is 2.71. The topological polar surface area (TPSA) is 45.8 Å². The molecule has 1 heterocycles. The zero-order valence-corrected chi connectivity index (χ0v) is 17.0. The Morgan fingerprint density at radius 1 is 1.07 bits per heavy atom. The molecule has 0 aromatic heterocycles. The molecule has 2 aromatic rings. The van der Waals surface area contributed by atoms with Crippen LogP contribution < -0.4 is 15.4 Å². The van der Waals surface area contributed by atoms with Crippen molar-refractivity contribution in [2.75, 3.05) is 31.6 Å². The van der Waals surface area contributed by atoms with Crippen molar-refractivity contribution in [2.45, 2.75) is 25.6 Å². The summed E-state index contributed by atoms with van der Waals surface area (Å²) >= 11 is 5.47. The Morgan fingerprint density at radius 2 is 1.72 bits per heavy atom. The van der Waals surface area contributed by atoms with Crippen molar-refractivity contribution in [3.05, 3.63) is 60.2 Å². The fraction of sp³-hybridized carbons (Fsp3) is 0.381. The van der Waals surface area contributed by atoms with Crippen molar-refractivity contribution in [2.24, 2.45) is 0 Å². The number of nitrogens with one attached hydrogen (secondary N) is 2. The van der Waals surface area contributed by atoms with Gasteiger partial charge in [0.25, 0.3) is 0 Å². The molecule has 0 spiro atoms. The lowest BCUT2D eigenvalue weighted by Gasteiger charge is -2.38. The lowest BCUT2D eigenvalue weighted by atomic mass is 9.98. The van der Waals surface area contributed by atoms with Crippen LogP contribution in [0.1, 0.15) is 18.5 Å². The van der Waals surface area contributed by atoms with Gasteiger partial charge in [0.1, 0.15) is 5.75 Å². The first kappa shape index (κ1) is 21.4. The number of ether oxygens (including phenoxy) is 2. The summed E-state index contributed by atoms with van der Waals surface area (Å²) in [7, 11) is 0. The van der Waals surface area contributed by atoms with Crippen molar-refractivity contribution < 1.29 is 18.3 Å². The second-order valence-corrected chi connectivity index (χ2v) is 7.20. The minimum Gasteiger partial charge on any atom is -0.435 e. The highest BCUT2D eigenvalue weighted by molar-refractivity contribution is 7.80. The number of anilines is 1. The SMILES string of the molecule is C[C@@H](NC(=S)Nc1ccc(OC(F)F)cc1)[C@@H](c1ccccc1)N1CCOCC1. The van der Waals surface area contributed by atoms with Gasteiger partial charge in [-0.1, -0.05) is 30.3 Å². The molecule has 1 fully saturated rings. The smallest absolute Gasteiger partial charge is 0.387 e. The van der Waals surface area contributed by atoms with Crippen LogP contribution in [-0.4, -0.2) is 49.0 Å². The van der Waals surface area contributed by atoms with E-state index in [0.29, 0.717) is 24.0 Å². The van der Waals surface area contributed by atoms with Crippen molar-refractivity contribution in [3.63, 3.8) is 0 Å². The fourth-order valence-electron chi connectivity index (χ4n) is 3.49. The zero-order chi connectivity index (χ0) is 20.6. The van der Waals surface area contributed by atoms with Crippen LogP contribution in [0.3, 0.4) is 0 Å². The summed E-state index contributed by atoms with van der Waals surface area (Å²) in [4.78, 5) is 2.40. The molecule has 0 radical (unpaired) electrons. The van der Waals surface area contributed by atoms with E-state index in [2.05, 4.69) is 39.3 Å². The van der Waals surface area contributed by atoms with Crippen LogP contribution in [0.4, 0.5) is 14.5 Å². The molecule has 0 saturated carbocycles. The van der Waals surface area contributed by atoms with E-state index in [1.807, 2.05) is 18.2 Å². The molecule has 2 atom stereocenters. The predicted molar refractivity (Wildman–Crippen MR) is 113 cm³/mol. The maximum absolute atomic E-state index is 12.3. The highest BCUT2D eigenvalue weighted by Crippen LogP contribution is 2.25. The maximum Gasteiger partial charge on any atom is 0.387 e. The first-order valence-electron chi connectivity index (χ1n) is 9.52. The first-order chi connectivity index (χ1) is 14.0. The summed E-state index contributed by atoms with van der Waals surface area (Å²) in [6.07, 6.45) is 0. The van der Waals surface area contributed by atoms with Crippen molar-refractivity contribution in [1.29, 1.82) is 0 Å². The standard InChI is InChI=1S/C21H25F2N3O2S/c1-15(19(16-5-3-2-4-6-16)26-11-13-27-14-12-26)24-21(29)25-17-7-9-18(10-8-17)28-20(22)23/h2-10,15,19-20H,11-14H2,1H3,(H2,24,25,29)/t15-,19+/m1/s1. The number of morpholine rings is 1. The van der Waals surface area contributed by atoms with Crippen LogP contribution in [0.2, 0.25) is 0 Å². The van der Waals surface area contributed by atoms with E-state index in [1.54, 1.807) is 12.1 Å². The van der Waals surface area contributed by atoms with Crippen LogP contribution >= 0.6 is 12.2 Å². The number of benzene rings is 2. The summed E-state index contributed by atoms with van der Waals surface area (Å²) in [5, 5.41) is 6.92. The van der Waals surface area contributed by atoms with Gasteiger partial charge in [-0.25, -0.2) is 0 Å². The molecule has 0 aliphatic carbocycles. The van der Waals surface area contributed by atoms with E-state index in [0.717, 1.165) is 13.1 Å². The third-order valence-electron chi connectivity index (χ3n) is 4.75. The molecule has 8 heteroatoms. The molecule has 2 N–H and O–H groups in total. The Balaban J connectivity index is 1.64. The number of rotatable bonds is 7. The van der Waals surface area contributed by atoms with E-state index in [-0.39, 0.29) is 17.8 Å². The molecule has 1 aliphatic heterocycles. The third kappa shape index (κ3) is 6.35. The molecule has 3 rings (SSSR count). The van der Waals surface area contributed by atoms with Gasteiger partial charge in [0.15, 0.2) is 5.11 Å². The minimum absolute atomic E-state index is 0.0388. The highest BCUT2D eigenvalue weighted by atomic mass is 32.1. The van der Waals surface area contributed by atoms with Crippen molar-refractivity contribution in [3.8, 4) is 5.75 Å². The van der Waals surface area contributed by atoms with Gasteiger partial charge in [-0.05, 0) is 49.0 Å². The molecule has 1 aliphatic rings. The van der Waals surface area contributed by atoms with E-state index in [1.165, 1.54) is 17.7 Å². The lowest BCUT2D eigenvalue weighted by Crippen LogP contribution is -2.49. The number of hydrogen-bond donors (Lipinski definition) is 2. The van der Waals surface area contributed by atoms with Gasteiger partial charge in [-0.15, -0.1) is 0 Å². The number of nitrogens with zero attached hydrogens (tertiary/aromatic N) is 1. The molecule has 29 heavy (non-hydrogen) atoms. The Morgan fingerprint density at radius 3 is 2.34 bits per heavy atom. The van der Waals surface area contributed by atoms with Crippen molar-refractivity contribution in [1.82, 2.24) is 10.2 Å². The lowest BCUT2D eigenvalue weighted by molar-refractivity contribution is -0.0498. The second kappa shape index (κ2) is 10.5. The van der Waals surface area contributed by atoms with Gasteiger partial charge in [0.05, 0.1) is 19.3 Å². The Kier molecular flexibility index (Phi) is 7.74. The van der Waals surface area contributed by atoms with Gasteiger partial charge in [-0.2, -0.15) is 8.78 Å². The number of halogens is 2. The monoisotopic (exact) mass is 421 g/mol. The molecule has 0 bridgehead atoms. The number of alkyl halides is 2. The van der Waals surface area contributed by atoms with Crippen LogP contribution in [0.25, 0.3) is 0 Å². The van der Waals surface area contributed by atoms with Gasteiger partial charge in [-0.3, -0.25) is 4.90 Å². The third-order valence-corrected chi connectivity index (χ3v) is 4.97. The van der Waals surface area contributed by atoms with E-state index < -0.39 is 6.61 Å². The Bertz CT molecular complexity index is 771. The first-order valence-corrected chi connectivity index (χ1v) is 9.93. The molecule has 1 saturated heterocycles. The predicted octanol–water partition coefficient (Wildman–Crippen LogP) is 4.04. The molecule has 0 unspecified atom stereocenters. The zero-order valence-electron chi connectivity index (χ0n) is 16.2.